The SMILES string of the molecule is CC1CCCC(NC2C(C)CCCC2C)CC1. The molecule has 0 saturated heterocycles. The average Bonchev–Trinajstić information content (AvgIpc) is 2.49. The molecule has 0 bridgehead atoms. The minimum absolute atomic E-state index is 0.794. The van der Waals surface area contributed by atoms with Crippen LogP contribution in [-0.4, -0.2) is 12.1 Å². The second-order valence-corrected chi connectivity index (χ2v) is 6.89. The zero-order valence-electron chi connectivity index (χ0n) is 12.0. The molecule has 0 aromatic rings. The van der Waals surface area contributed by atoms with Crippen LogP contribution in [0.15, 0.2) is 0 Å². The second kappa shape index (κ2) is 6.22. The molecule has 1 N–H and O–H groups in total. The Morgan fingerprint density at radius 3 is 2.06 bits per heavy atom. The lowest BCUT2D eigenvalue weighted by atomic mass is 9.78. The topological polar surface area (TPSA) is 12.0 Å². The summed E-state index contributed by atoms with van der Waals surface area (Å²) in [5, 5.41) is 4.02. The Hall–Kier alpha value is -0.0400. The van der Waals surface area contributed by atoms with Crippen LogP contribution in [0, 0.1) is 17.8 Å². The van der Waals surface area contributed by atoms with Crippen molar-refractivity contribution in [2.75, 3.05) is 0 Å². The van der Waals surface area contributed by atoms with Gasteiger partial charge in [0.25, 0.3) is 0 Å². The van der Waals surface area contributed by atoms with Crippen LogP contribution in [0.5, 0.6) is 0 Å². The summed E-state index contributed by atoms with van der Waals surface area (Å²) in [5.74, 6) is 2.74. The number of rotatable bonds is 2. The molecule has 2 aliphatic rings. The summed E-state index contributed by atoms with van der Waals surface area (Å²) in [5.41, 5.74) is 0. The molecule has 0 aromatic heterocycles. The molecule has 1 heteroatoms. The van der Waals surface area contributed by atoms with Gasteiger partial charge in [-0.3, -0.25) is 0 Å². The zero-order valence-corrected chi connectivity index (χ0v) is 12.0. The lowest BCUT2D eigenvalue weighted by molar-refractivity contribution is 0.187. The molecule has 100 valence electrons. The molecule has 2 saturated carbocycles. The van der Waals surface area contributed by atoms with Crippen molar-refractivity contribution >= 4 is 0 Å². The molecule has 4 atom stereocenters. The van der Waals surface area contributed by atoms with Gasteiger partial charge in [-0.05, 0) is 49.9 Å². The Bertz CT molecular complexity index is 216. The van der Waals surface area contributed by atoms with E-state index < -0.39 is 0 Å². The second-order valence-electron chi connectivity index (χ2n) is 6.89. The molecule has 0 aromatic carbocycles. The molecule has 2 rings (SSSR count). The predicted molar refractivity (Wildman–Crippen MR) is 75.1 cm³/mol. The molecule has 1 nitrogen and oxygen atoms in total. The van der Waals surface area contributed by atoms with Crippen molar-refractivity contribution in [3.63, 3.8) is 0 Å². The molecule has 0 radical (unpaired) electrons. The first-order valence-electron chi connectivity index (χ1n) is 7.93. The number of nitrogens with one attached hydrogen (secondary N) is 1. The quantitative estimate of drug-likeness (QED) is 0.703. The third-order valence-corrected chi connectivity index (χ3v) is 5.23. The summed E-state index contributed by atoms with van der Waals surface area (Å²) in [4.78, 5) is 0. The summed E-state index contributed by atoms with van der Waals surface area (Å²) < 4.78 is 0. The van der Waals surface area contributed by atoms with Crippen LogP contribution in [0.1, 0.15) is 72.1 Å². The Labute approximate surface area is 108 Å². The van der Waals surface area contributed by atoms with E-state index in [2.05, 4.69) is 26.1 Å². The van der Waals surface area contributed by atoms with Gasteiger partial charge in [-0.2, -0.15) is 0 Å². The summed E-state index contributed by atoms with van der Waals surface area (Å²) >= 11 is 0. The van der Waals surface area contributed by atoms with E-state index in [4.69, 9.17) is 0 Å². The molecule has 2 fully saturated rings. The Balaban J connectivity index is 1.85. The van der Waals surface area contributed by atoms with E-state index in [9.17, 15) is 0 Å². The standard InChI is InChI=1S/C16H31N/c1-12-6-4-9-15(11-10-12)17-16-13(2)7-5-8-14(16)3/h12-17H,4-11H2,1-3H3. The van der Waals surface area contributed by atoms with E-state index in [1.54, 1.807) is 0 Å². The van der Waals surface area contributed by atoms with Crippen LogP contribution in [-0.2, 0) is 0 Å². The minimum atomic E-state index is 0.794. The fraction of sp³-hybridized carbons (Fsp3) is 1.00. The highest BCUT2D eigenvalue weighted by Gasteiger charge is 2.29. The molecule has 17 heavy (non-hydrogen) atoms. The van der Waals surface area contributed by atoms with Gasteiger partial charge >= 0.3 is 0 Å². The maximum Gasteiger partial charge on any atom is 0.0121 e. The number of hydrogen-bond donors (Lipinski definition) is 1. The first-order chi connectivity index (χ1) is 8.16. The smallest absolute Gasteiger partial charge is 0.0121 e. The van der Waals surface area contributed by atoms with Crippen molar-refractivity contribution in [1.29, 1.82) is 0 Å². The first kappa shape index (κ1) is 13.4. The van der Waals surface area contributed by atoms with E-state index in [0.29, 0.717) is 0 Å². The summed E-state index contributed by atoms with van der Waals surface area (Å²) in [7, 11) is 0. The van der Waals surface area contributed by atoms with Gasteiger partial charge < -0.3 is 5.32 Å². The van der Waals surface area contributed by atoms with Crippen molar-refractivity contribution in [2.24, 2.45) is 17.8 Å². The zero-order chi connectivity index (χ0) is 12.3. The van der Waals surface area contributed by atoms with Crippen molar-refractivity contribution in [1.82, 2.24) is 5.32 Å². The maximum atomic E-state index is 4.02. The minimum Gasteiger partial charge on any atom is -0.311 e. The largest absolute Gasteiger partial charge is 0.311 e. The van der Waals surface area contributed by atoms with Gasteiger partial charge in [0.05, 0.1) is 0 Å². The molecule has 0 spiro atoms. The van der Waals surface area contributed by atoms with Gasteiger partial charge in [0.1, 0.15) is 0 Å². The van der Waals surface area contributed by atoms with Crippen LogP contribution in [0.2, 0.25) is 0 Å². The molecule has 2 aliphatic carbocycles. The highest BCUT2D eigenvalue weighted by atomic mass is 15.0. The molecule has 0 amide bonds. The molecule has 4 unspecified atom stereocenters. The van der Waals surface area contributed by atoms with Crippen molar-refractivity contribution in [3.05, 3.63) is 0 Å². The highest BCUT2D eigenvalue weighted by molar-refractivity contribution is 4.87. The fourth-order valence-corrected chi connectivity index (χ4v) is 3.94. The molecular weight excluding hydrogens is 206 g/mol. The van der Waals surface area contributed by atoms with Crippen LogP contribution in [0.4, 0.5) is 0 Å². The van der Waals surface area contributed by atoms with Crippen LogP contribution >= 0.6 is 0 Å². The van der Waals surface area contributed by atoms with Gasteiger partial charge in [-0.25, -0.2) is 0 Å². The van der Waals surface area contributed by atoms with Gasteiger partial charge in [0.15, 0.2) is 0 Å². The van der Waals surface area contributed by atoms with Gasteiger partial charge in [0.2, 0.25) is 0 Å². The monoisotopic (exact) mass is 237 g/mol. The predicted octanol–water partition coefficient (Wildman–Crippen LogP) is 4.37. The van der Waals surface area contributed by atoms with Gasteiger partial charge in [0, 0.05) is 12.1 Å². The Morgan fingerprint density at radius 2 is 1.35 bits per heavy atom. The molecule has 0 aliphatic heterocycles. The maximum absolute atomic E-state index is 4.02. The van der Waals surface area contributed by atoms with E-state index >= 15 is 0 Å². The van der Waals surface area contributed by atoms with Crippen molar-refractivity contribution < 1.29 is 0 Å². The average molecular weight is 237 g/mol. The van der Waals surface area contributed by atoms with Crippen LogP contribution < -0.4 is 5.32 Å². The van der Waals surface area contributed by atoms with Crippen molar-refractivity contribution in [3.8, 4) is 0 Å². The molecular formula is C16H31N. The highest BCUT2D eigenvalue weighted by Crippen LogP contribution is 2.31. The van der Waals surface area contributed by atoms with Gasteiger partial charge in [-0.1, -0.05) is 40.0 Å². The van der Waals surface area contributed by atoms with Crippen LogP contribution in [0.3, 0.4) is 0 Å². The number of hydrogen-bond acceptors (Lipinski definition) is 1. The molecule has 0 heterocycles. The fourth-order valence-electron chi connectivity index (χ4n) is 3.94. The first-order valence-corrected chi connectivity index (χ1v) is 7.93. The lowest BCUT2D eigenvalue weighted by Crippen LogP contribution is -2.47. The summed E-state index contributed by atoms with van der Waals surface area (Å²) in [6, 6.07) is 1.61. The third-order valence-electron chi connectivity index (χ3n) is 5.23. The van der Waals surface area contributed by atoms with Crippen molar-refractivity contribution in [2.45, 2.75) is 84.2 Å². The van der Waals surface area contributed by atoms with E-state index in [0.717, 1.165) is 29.8 Å². The summed E-state index contributed by atoms with van der Waals surface area (Å²) in [6.45, 7) is 7.33. The summed E-state index contributed by atoms with van der Waals surface area (Å²) in [6.07, 6.45) is 11.5. The van der Waals surface area contributed by atoms with E-state index in [-0.39, 0.29) is 0 Å². The Morgan fingerprint density at radius 1 is 0.706 bits per heavy atom. The Kier molecular flexibility index (Phi) is 4.90. The van der Waals surface area contributed by atoms with E-state index in [1.807, 2.05) is 0 Å². The van der Waals surface area contributed by atoms with E-state index in [1.165, 1.54) is 51.4 Å². The van der Waals surface area contributed by atoms with Gasteiger partial charge in [-0.15, -0.1) is 0 Å². The normalized spacial score (nSPS) is 44.3. The lowest BCUT2D eigenvalue weighted by Gasteiger charge is -2.38. The third kappa shape index (κ3) is 3.71. The van der Waals surface area contributed by atoms with Crippen LogP contribution in [0.25, 0.3) is 0 Å².